The number of benzene rings is 3. The molecule has 3 aromatic carbocycles. The molecule has 0 unspecified atom stereocenters. The fourth-order valence-electron chi connectivity index (χ4n) is 3.20. The Balaban J connectivity index is 1.57. The van der Waals surface area contributed by atoms with Crippen LogP contribution in [0.2, 0.25) is 5.02 Å². The van der Waals surface area contributed by atoms with Crippen LogP contribution in [0.25, 0.3) is 11.3 Å². The van der Waals surface area contributed by atoms with Gasteiger partial charge in [-0.25, -0.2) is 15.4 Å². The number of non-ortho nitro benzene ring substituents is 1. The smallest absolute Gasteiger partial charge is 0.433 e. The van der Waals surface area contributed by atoms with E-state index in [4.69, 9.17) is 16.3 Å². The lowest BCUT2D eigenvalue weighted by Gasteiger charge is -2.11. The fraction of sp³-hybridized carbons (Fsp3) is 0.0769. The summed E-state index contributed by atoms with van der Waals surface area (Å²) in [6.07, 6.45) is -3.61. The van der Waals surface area contributed by atoms with Crippen LogP contribution in [0, 0.1) is 10.1 Å². The van der Waals surface area contributed by atoms with E-state index in [-0.39, 0.29) is 33.6 Å². The third-order valence-electron chi connectivity index (χ3n) is 5.05. The van der Waals surface area contributed by atoms with Gasteiger partial charge in [0.15, 0.2) is 11.8 Å². The maximum absolute atomic E-state index is 13.6. The van der Waals surface area contributed by atoms with E-state index in [1.165, 1.54) is 12.1 Å². The van der Waals surface area contributed by atoms with Gasteiger partial charge in [0.25, 0.3) is 11.6 Å². The van der Waals surface area contributed by atoms with Gasteiger partial charge in [-0.3, -0.25) is 14.9 Å². The Labute approximate surface area is 234 Å². The van der Waals surface area contributed by atoms with Crippen molar-refractivity contribution in [3.8, 4) is 17.0 Å². The quantitative estimate of drug-likeness (QED) is 0.104. The molecule has 204 valence electrons. The molecule has 1 N–H and O–H groups in total. The minimum absolute atomic E-state index is 0.0514. The summed E-state index contributed by atoms with van der Waals surface area (Å²) in [4.78, 5) is 30.9. The number of carbonyl (C=O) groups is 1. The number of amides is 1. The second kappa shape index (κ2) is 12.6. The minimum Gasteiger partial charge on any atom is -0.484 e. The summed E-state index contributed by atoms with van der Waals surface area (Å²) < 4.78 is 46.1. The zero-order valence-corrected chi connectivity index (χ0v) is 21.7. The van der Waals surface area contributed by atoms with E-state index in [2.05, 4.69) is 20.5 Å². The molecule has 0 radical (unpaired) electrons. The number of hydrogen-bond acceptors (Lipinski definition) is 8. The second-order valence-electron chi connectivity index (χ2n) is 7.90. The van der Waals surface area contributed by atoms with Crippen molar-refractivity contribution in [2.45, 2.75) is 16.2 Å². The molecule has 1 amide bonds. The summed E-state index contributed by atoms with van der Waals surface area (Å²) in [6, 6.07) is 19.1. The van der Waals surface area contributed by atoms with Crippen molar-refractivity contribution in [2.75, 3.05) is 6.61 Å². The number of ether oxygens (including phenoxy) is 1. The molecular formula is C26H17ClF3N5O4S. The number of nitro groups is 1. The summed E-state index contributed by atoms with van der Waals surface area (Å²) in [5, 5.41) is 15.4. The van der Waals surface area contributed by atoms with Crippen LogP contribution in [0.3, 0.4) is 0 Å². The molecule has 0 spiro atoms. The van der Waals surface area contributed by atoms with Crippen LogP contribution in [0.4, 0.5) is 18.9 Å². The Bertz CT molecular complexity index is 1550. The number of hydrogen-bond donors (Lipinski definition) is 1. The van der Waals surface area contributed by atoms with Gasteiger partial charge in [0.1, 0.15) is 11.4 Å². The number of nitrogens with zero attached hydrogens (tertiary/aromatic N) is 4. The van der Waals surface area contributed by atoms with E-state index in [1.54, 1.807) is 54.6 Å². The second-order valence-corrected chi connectivity index (χ2v) is 9.35. The van der Waals surface area contributed by atoms with E-state index >= 15 is 0 Å². The van der Waals surface area contributed by atoms with Gasteiger partial charge in [0.2, 0.25) is 0 Å². The molecule has 9 nitrogen and oxygen atoms in total. The van der Waals surface area contributed by atoms with Crippen molar-refractivity contribution in [1.82, 2.24) is 15.4 Å². The molecule has 4 aromatic rings. The van der Waals surface area contributed by atoms with E-state index in [0.717, 1.165) is 30.1 Å². The third-order valence-corrected chi connectivity index (χ3v) is 6.26. The van der Waals surface area contributed by atoms with E-state index in [1.807, 2.05) is 0 Å². The third kappa shape index (κ3) is 7.77. The Morgan fingerprint density at radius 3 is 2.48 bits per heavy atom. The largest absolute Gasteiger partial charge is 0.484 e. The van der Waals surface area contributed by atoms with Gasteiger partial charge >= 0.3 is 6.18 Å². The molecule has 0 saturated carbocycles. The topological polar surface area (TPSA) is 120 Å². The lowest BCUT2D eigenvalue weighted by atomic mass is 10.1. The lowest BCUT2D eigenvalue weighted by molar-refractivity contribution is -0.384. The number of alkyl halides is 3. The van der Waals surface area contributed by atoms with Crippen molar-refractivity contribution < 1.29 is 27.6 Å². The number of nitro benzene ring substituents is 1. The number of carbonyl (C=O) groups excluding carboxylic acids is 1. The van der Waals surface area contributed by atoms with Crippen molar-refractivity contribution in [3.63, 3.8) is 0 Å². The van der Waals surface area contributed by atoms with E-state index in [0.29, 0.717) is 16.3 Å². The van der Waals surface area contributed by atoms with Crippen LogP contribution in [0.5, 0.6) is 5.75 Å². The summed E-state index contributed by atoms with van der Waals surface area (Å²) in [5.74, 6) is -0.226. The number of aromatic nitrogens is 2. The van der Waals surface area contributed by atoms with Gasteiger partial charge in [-0.05, 0) is 48.2 Å². The average molecular weight is 588 g/mol. The van der Waals surface area contributed by atoms with Crippen molar-refractivity contribution >= 4 is 41.2 Å². The summed E-state index contributed by atoms with van der Waals surface area (Å²) in [6.45, 7) is -0.379. The highest BCUT2D eigenvalue weighted by Crippen LogP contribution is 2.35. The van der Waals surface area contributed by atoms with Crippen LogP contribution in [0.1, 0.15) is 11.3 Å². The molecule has 1 heterocycles. The monoisotopic (exact) mass is 587 g/mol. The first-order chi connectivity index (χ1) is 19.1. The molecule has 0 aliphatic heterocycles. The maximum atomic E-state index is 13.6. The van der Waals surface area contributed by atoms with Crippen molar-refractivity contribution in [1.29, 1.82) is 0 Å². The molecule has 0 aliphatic carbocycles. The first kappa shape index (κ1) is 28.5. The fourth-order valence-corrected chi connectivity index (χ4v) is 4.18. The standard InChI is InChI=1S/C26H17ClF3N5O4S/c27-18-6-9-20(10-7-18)39-15-24(36)34-31-14-17-12-19(35(37)38)8-11-22(17)40-25-32-21(16-4-2-1-3-5-16)13-23(33-25)26(28,29)30/h1-14H,15H2,(H,34,36)/b31-14+. The normalized spacial score (nSPS) is 11.4. The summed E-state index contributed by atoms with van der Waals surface area (Å²) in [7, 11) is 0. The van der Waals surface area contributed by atoms with E-state index < -0.39 is 22.7 Å². The van der Waals surface area contributed by atoms with Crippen LogP contribution in [-0.4, -0.2) is 33.6 Å². The minimum atomic E-state index is -4.74. The van der Waals surface area contributed by atoms with Gasteiger partial charge in [0, 0.05) is 33.2 Å². The summed E-state index contributed by atoms with van der Waals surface area (Å²) in [5.41, 5.74) is 1.44. The molecule has 0 fully saturated rings. The Morgan fingerprint density at radius 2 is 1.80 bits per heavy atom. The Hall–Kier alpha value is -4.49. The highest BCUT2D eigenvalue weighted by Gasteiger charge is 2.34. The molecular weight excluding hydrogens is 571 g/mol. The predicted molar refractivity (Wildman–Crippen MR) is 142 cm³/mol. The van der Waals surface area contributed by atoms with Gasteiger partial charge in [-0.1, -0.05) is 41.9 Å². The highest BCUT2D eigenvalue weighted by molar-refractivity contribution is 7.99. The van der Waals surface area contributed by atoms with Crippen LogP contribution < -0.4 is 10.2 Å². The molecule has 4 rings (SSSR count). The molecule has 40 heavy (non-hydrogen) atoms. The van der Waals surface area contributed by atoms with Crippen molar-refractivity contribution in [3.05, 3.63) is 105 Å². The number of halogens is 4. The predicted octanol–water partition coefficient (Wildman–Crippen LogP) is 6.40. The Kier molecular flexibility index (Phi) is 8.97. The molecule has 0 atom stereocenters. The van der Waals surface area contributed by atoms with Gasteiger partial charge in [0.05, 0.1) is 16.8 Å². The number of nitrogens with one attached hydrogen (secondary N) is 1. The molecule has 0 bridgehead atoms. The molecule has 0 aliphatic rings. The zero-order valence-electron chi connectivity index (χ0n) is 20.1. The van der Waals surface area contributed by atoms with Gasteiger partial charge < -0.3 is 4.74 Å². The van der Waals surface area contributed by atoms with Crippen LogP contribution in [0.15, 0.2) is 94.0 Å². The van der Waals surface area contributed by atoms with Crippen molar-refractivity contribution in [2.24, 2.45) is 5.10 Å². The first-order valence-corrected chi connectivity index (χ1v) is 12.5. The first-order valence-electron chi connectivity index (χ1n) is 11.3. The van der Waals surface area contributed by atoms with Crippen LogP contribution in [-0.2, 0) is 11.0 Å². The average Bonchev–Trinajstić information content (AvgIpc) is 2.93. The van der Waals surface area contributed by atoms with E-state index in [9.17, 15) is 28.1 Å². The summed E-state index contributed by atoms with van der Waals surface area (Å²) >= 11 is 6.56. The highest BCUT2D eigenvalue weighted by atomic mass is 35.5. The Morgan fingerprint density at radius 1 is 1.07 bits per heavy atom. The number of rotatable bonds is 9. The maximum Gasteiger partial charge on any atom is 0.433 e. The SMILES string of the molecule is O=C(COc1ccc(Cl)cc1)N/N=C/c1cc([N+](=O)[O-])ccc1Sc1nc(-c2ccccc2)cc(C(F)(F)F)n1. The van der Waals surface area contributed by atoms with Gasteiger partial charge in [-0.2, -0.15) is 18.3 Å². The zero-order chi connectivity index (χ0) is 28.7. The number of hydrazone groups is 1. The lowest BCUT2D eigenvalue weighted by Crippen LogP contribution is -2.24. The van der Waals surface area contributed by atoms with Gasteiger partial charge in [-0.15, -0.1) is 0 Å². The molecule has 0 saturated heterocycles. The molecule has 14 heteroatoms. The van der Waals surface area contributed by atoms with Crippen LogP contribution >= 0.6 is 23.4 Å². The molecule has 1 aromatic heterocycles.